The number of aromatic amines is 1. The minimum Gasteiger partial charge on any atom is -0.338 e. The van der Waals surface area contributed by atoms with Crippen molar-refractivity contribution in [3.8, 4) is 0 Å². The average Bonchev–Trinajstić information content (AvgIpc) is 2.54. The standard InChI is InChI=1S/C18H23N3O3/c1-4-21-15-6-5-13(8-14(15)19-16(22)18(21)24)17(23)20-9-11(2)7-12(3)10-20/h5-6,8,11-12H,4,7,9-10H2,1-3H3,(H,19,22). The molecule has 1 aliphatic heterocycles. The van der Waals surface area contributed by atoms with E-state index >= 15 is 0 Å². The van der Waals surface area contributed by atoms with Crippen molar-refractivity contribution in [2.45, 2.75) is 33.7 Å². The van der Waals surface area contributed by atoms with Gasteiger partial charge in [-0.05, 0) is 43.4 Å². The van der Waals surface area contributed by atoms with Crippen LogP contribution in [0, 0.1) is 11.8 Å². The van der Waals surface area contributed by atoms with Crippen molar-refractivity contribution < 1.29 is 4.79 Å². The molecule has 1 aliphatic rings. The number of amides is 1. The van der Waals surface area contributed by atoms with Crippen molar-refractivity contribution >= 4 is 16.9 Å². The molecule has 0 bridgehead atoms. The van der Waals surface area contributed by atoms with Crippen LogP contribution in [0.15, 0.2) is 27.8 Å². The number of hydrogen-bond donors (Lipinski definition) is 1. The molecule has 3 rings (SSSR count). The predicted octanol–water partition coefficient (Wildman–Crippen LogP) is 1.83. The van der Waals surface area contributed by atoms with Gasteiger partial charge >= 0.3 is 11.1 Å². The largest absolute Gasteiger partial charge is 0.338 e. The van der Waals surface area contributed by atoms with Crippen LogP contribution in [-0.4, -0.2) is 33.4 Å². The Labute approximate surface area is 140 Å². The molecule has 0 radical (unpaired) electrons. The number of carbonyl (C=O) groups excluding carboxylic acids is 1. The van der Waals surface area contributed by atoms with Crippen LogP contribution in [-0.2, 0) is 6.54 Å². The Morgan fingerprint density at radius 1 is 1.21 bits per heavy atom. The van der Waals surface area contributed by atoms with Crippen molar-refractivity contribution in [3.05, 3.63) is 44.5 Å². The molecule has 1 fully saturated rings. The summed E-state index contributed by atoms with van der Waals surface area (Å²) in [6.07, 6.45) is 1.14. The minimum atomic E-state index is -0.658. The number of rotatable bonds is 2. The first-order valence-corrected chi connectivity index (χ1v) is 8.46. The number of fused-ring (bicyclic) bond motifs is 1. The zero-order valence-electron chi connectivity index (χ0n) is 14.3. The van der Waals surface area contributed by atoms with Crippen LogP contribution in [0.25, 0.3) is 11.0 Å². The second-order valence-electron chi connectivity index (χ2n) is 6.89. The smallest absolute Gasteiger partial charge is 0.316 e. The fourth-order valence-electron chi connectivity index (χ4n) is 3.74. The third-order valence-electron chi connectivity index (χ3n) is 4.69. The van der Waals surface area contributed by atoms with Gasteiger partial charge in [0.1, 0.15) is 0 Å². The van der Waals surface area contributed by atoms with Crippen molar-refractivity contribution in [2.75, 3.05) is 13.1 Å². The monoisotopic (exact) mass is 329 g/mol. The zero-order chi connectivity index (χ0) is 17.4. The molecular weight excluding hydrogens is 306 g/mol. The van der Waals surface area contributed by atoms with Crippen LogP contribution >= 0.6 is 0 Å². The topological polar surface area (TPSA) is 75.2 Å². The molecule has 0 spiro atoms. The van der Waals surface area contributed by atoms with Crippen molar-refractivity contribution in [1.29, 1.82) is 0 Å². The Hall–Kier alpha value is -2.37. The number of aryl methyl sites for hydroxylation is 1. The molecule has 1 N–H and O–H groups in total. The first kappa shape index (κ1) is 16.5. The van der Waals surface area contributed by atoms with Crippen LogP contribution in [0.5, 0.6) is 0 Å². The molecule has 1 aromatic carbocycles. The van der Waals surface area contributed by atoms with E-state index < -0.39 is 11.1 Å². The molecule has 2 unspecified atom stereocenters. The highest BCUT2D eigenvalue weighted by molar-refractivity contribution is 5.97. The molecule has 1 amide bonds. The van der Waals surface area contributed by atoms with Gasteiger partial charge in [-0.2, -0.15) is 0 Å². The van der Waals surface area contributed by atoms with Gasteiger partial charge in [0.15, 0.2) is 0 Å². The van der Waals surface area contributed by atoms with Gasteiger partial charge in [0, 0.05) is 25.2 Å². The maximum Gasteiger partial charge on any atom is 0.316 e. The number of benzene rings is 1. The molecule has 1 aromatic heterocycles. The maximum absolute atomic E-state index is 12.8. The van der Waals surface area contributed by atoms with Gasteiger partial charge in [0.2, 0.25) is 0 Å². The fraction of sp³-hybridized carbons (Fsp3) is 0.500. The normalized spacial score (nSPS) is 21.2. The van der Waals surface area contributed by atoms with Crippen molar-refractivity contribution in [2.24, 2.45) is 11.8 Å². The van der Waals surface area contributed by atoms with E-state index in [1.807, 2.05) is 11.8 Å². The first-order chi connectivity index (χ1) is 11.4. The van der Waals surface area contributed by atoms with E-state index in [1.54, 1.807) is 18.2 Å². The second-order valence-corrected chi connectivity index (χ2v) is 6.89. The summed E-state index contributed by atoms with van der Waals surface area (Å²) < 4.78 is 1.42. The Bertz CT molecular complexity index is 886. The number of carbonyl (C=O) groups is 1. The molecule has 6 heteroatoms. The van der Waals surface area contributed by atoms with E-state index in [2.05, 4.69) is 18.8 Å². The summed E-state index contributed by atoms with van der Waals surface area (Å²) >= 11 is 0. The van der Waals surface area contributed by atoms with Gasteiger partial charge in [-0.25, -0.2) is 0 Å². The third-order valence-corrected chi connectivity index (χ3v) is 4.69. The third kappa shape index (κ3) is 2.88. The highest BCUT2D eigenvalue weighted by Crippen LogP contribution is 2.23. The fourth-order valence-corrected chi connectivity index (χ4v) is 3.74. The van der Waals surface area contributed by atoms with E-state index in [-0.39, 0.29) is 5.91 Å². The number of likely N-dealkylation sites (tertiary alicyclic amines) is 1. The number of piperidine rings is 1. The molecule has 24 heavy (non-hydrogen) atoms. The van der Waals surface area contributed by atoms with Gasteiger partial charge in [0.25, 0.3) is 5.91 Å². The van der Waals surface area contributed by atoms with Crippen molar-refractivity contribution in [3.63, 3.8) is 0 Å². The summed E-state index contributed by atoms with van der Waals surface area (Å²) in [5, 5.41) is 0. The summed E-state index contributed by atoms with van der Waals surface area (Å²) in [6, 6.07) is 5.15. The molecule has 2 heterocycles. The van der Waals surface area contributed by atoms with Gasteiger partial charge in [-0.15, -0.1) is 0 Å². The molecule has 2 aromatic rings. The number of aromatic nitrogens is 2. The molecule has 6 nitrogen and oxygen atoms in total. The predicted molar refractivity (Wildman–Crippen MR) is 93.4 cm³/mol. The highest BCUT2D eigenvalue weighted by atomic mass is 16.2. The molecule has 1 saturated heterocycles. The number of H-pyrrole nitrogens is 1. The number of nitrogens with one attached hydrogen (secondary N) is 1. The number of hydrogen-bond acceptors (Lipinski definition) is 3. The zero-order valence-corrected chi connectivity index (χ0v) is 14.3. The summed E-state index contributed by atoms with van der Waals surface area (Å²) in [4.78, 5) is 41.0. The lowest BCUT2D eigenvalue weighted by atomic mass is 9.91. The van der Waals surface area contributed by atoms with E-state index in [1.165, 1.54) is 4.57 Å². The van der Waals surface area contributed by atoms with Crippen LogP contribution in [0.4, 0.5) is 0 Å². The van der Waals surface area contributed by atoms with Gasteiger partial charge in [-0.1, -0.05) is 13.8 Å². The lowest BCUT2D eigenvalue weighted by Gasteiger charge is -2.35. The molecule has 2 atom stereocenters. The second kappa shape index (κ2) is 6.26. The van der Waals surface area contributed by atoms with Crippen LogP contribution in [0.1, 0.15) is 37.6 Å². The van der Waals surface area contributed by atoms with Crippen LogP contribution in [0.2, 0.25) is 0 Å². The Morgan fingerprint density at radius 3 is 2.50 bits per heavy atom. The van der Waals surface area contributed by atoms with Gasteiger partial charge in [-0.3, -0.25) is 14.4 Å². The van der Waals surface area contributed by atoms with Crippen molar-refractivity contribution in [1.82, 2.24) is 14.5 Å². The highest BCUT2D eigenvalue weighted by Gasteiger charge is 2.26. The molecule has 0 saturated carbocycles. The summed E-state index contributed by atoms with van der Waals surface area (Å²) in [6.45, 7) is 8.06. The van der Waals surface area contributed by atoms with E-state index in [0.717, 1.165) is 19.5 Å². The summed E-state index contributed by atoms with van der Waals surface area (Å²) in [5.41, 5.74) is 0.474. The Balaban J connectivity index is 2.02. The SMILES string of the molecule is CCn1c(=O)c(=O)[nH]c2cc(C(=O)N3CC(C)CC(C)C3)ccc21. The minimum absolute atomic E-state index is 0.0228. The Kier molecular flexibility index (Phi) is 4.30. The van der Waals surface area contributed by atoms with Crippen LogP contribution in [0.3, 0.4) is 0 Å². The summed E-state index contributed by atoms with van der Waals surface area (Å²) in [7, 11) is 0. The van der Waals surface area contributed by atoms with E-state index in [9.17, 15) is 14.4 Å². The maximum atomic E-state index is 12.8. The lowest BCUT2D eigenvalue weighted by molar-refractivity contribution is 0.0623. The number of nitrogens with zero attached hydrogens (tertiary/aromatic N) is 2. The lowest BCUT2D eigenvalue weighted by Crippen LogP contribution is -2.42. The van der Waals surface area contributed by atoms with Crippen LogP contribution < -0.4 is 11.1 Å². The van der Waals surface area contributed by atoms with E-state index in [0.29, 0.717) is 35.0 Å². The van der Waals surface area contributed by atoms with Gasteiger partial charge in [0.05, 0.1) is 11.0 Å². The molecule has 0 aliphatic carbocycles. The molecule has 128 valence electrons. The Morgan fingerprint density at radius 2 is 1.88 bits per heavy atom. The quantitative estimate of drug-likeness (QED) is 0.854. The average molecular weight is 329 g/mol. The van der Waals surface area contributed by atoms with E-state index in [4.69, 9.17) is 0 Å². The summed E-state index contributed by atoms with van der Waals surface area (Å²) in [5.74, 6) is 0.955. The van der Waals surface area contributed by atoms with Gasteiger partial charge < -0.3 is 14.5 Å². The first-order valence-electron chi connectivity index (χ1n) is 8.46. The molecular formula is C18H23N3O3.